The Labute approximate surface area is 132 Å². The fourth-order valence-electron chi connectivity index (χ4n) is 2.84. The fraction of sp³-hybridized carbons (Fsp3) is 0.688. The molecule has 1 aromatic heterocycles. The Morgan fingerprint density at radius 3 is 2.76 bits per heavy atom. The topological polar surface area (TPSA) is 39.6 Å². The number of nitrogens with zero attached hydrogens (tertiary/aromatic N) is 3. The minimum atomic E-state index is -0.302. The lowest BCUT2D eigenvalue weighted by Crippen LogP contribution is -2.42. The fourth-order valence-corrected chi connectivity index (χ4v) is 2.95. The Hall–Kier alpha value is -0.680. The summed E-state index contributed by atoms with van der Waals surface area (Å²) in [6.07, 6.45) is 3.98. The van der Waals surface area contributed by atoms with E-state index in [9.17, 15) is 5.11 Å². The summed E-state index contributed by atoms with van der Waals surface area (Å²) >= 11 is 5.78. The van der Waals surface area contributed by atoms with E-state index < -0.39 is 0 Å². The molecule has 0 aliphatic carbocycles. The van der Waals surface area contributed by atoms with Crippen molar-refractivity contribution in [2.45, 2.75) is 32.4 Å². The van der Waals surface area contributed by atoms with Gasteiger partial charge in [0.1, 0.15) is 5.15 Å². The summed E-state index contributed by atoms with van der Waals surface area (Å²) in [6.45, 7) is 6.76. The highest BCUT2D eigenvalue weighted by atomic mass is 35.5. The van der Waals surface area contributed by atoms with Crippen LogP contribution in [-0.2, 0) is 6.54 Å². The van der Waals surface area contributed by atoms with Gasteiger partial charge in [-0.3, -0.25) is 4.90 Å². The zero-order valence-electron chi connectivity index (χ0n) is 13.0. The van der Waals surface area contributed by atoms with Crippen LogP contribution in [-0.4, -0.2) is 59.2 Å². The van der Waals surface area contributed by atoms with Crippen LogP contribution < -0.4 is 0 Å². The molecular formula is C16H26ClN3O. The van der Waals surface area contributed by atoms with Crippen molar-refractivity contribution in [1.29, 1.82) is 0 Å². The Morgan fingerprint density at radius 1 is 1.43 bits per heavy atom. The number of halogens is 1. The standard InChI is InChI=1S/C16H26ClN3O/c1-13-5-7-20(8-6-13)12-15(21)11-19(2)10-14-3-4-16(17)18-9-14/h3-4,9,13,15,21H,5-8,10-12H2,1-2H3. The minimum absolute atomic E-state index is 0.302. The van der Waals surface area contributed by atoms with Crippen LogP contribution in [0.1, 0.15) is 25.3 Å². The number of β-amino-alcohol motifs (C(OH)–C–C–N with tert-alkyl or cyclic N) is 1. The van der Waals surface area contributed by atoms with Gasteiger partial charge >= 0.3 is 0 Å². The van der Waals surface area contributed by atoms with Gasteiger partial charge in [-0.2, -0.15) is 0 Å². The van der Waals surface area contributed by atoms with Crippen molar-refractivity contribution in [3.05, 3.63) is 29.0 Å². The van der Waals surface area contributed by atoms with E-state index >= 15 is 0 Å². The third kappa shape index (κ3) is 5.91. The van der Waals surface area contributed by atoms with Crippen molar-refractivity contribution >= 4 is 11.6 Å². The highest BCUT2D eigenvalue weighted by molar-refractivity contribution is 6.29. The summed E-state index contributed by atoms with van der Waals surface area (Å²) in [5.74, 6) is 0.832. The van der Waals surface area contributed by atoms with Gasteiger partial charge in [0.2, 0.25) is 0 Å². The zero-order chi connectivity index (χ0) is 15.2. The van der Waals surface area contributed by atoms with Crippen molar-refractivity contribution in [3.8, 4) is 0 Å². The minimum Gasteiger partial charge on any atom is -0.390 e. The smallest absolute Gasteiger partial charge is 0.129 e. The molecule has 1 fully saturated rings. The molecule has 0 bridgehead atoms. The van der Waals surface area contributed by atoms with Gasteiger partial charge in [0.15, 0.2) is 0 Å². The van der Waals surface area contributed by atoms with Crippen LogP contribution in [0.2, 0.25) is 5.15 Å². The molecule has 5 heteroatoms. The van der Waals surface area contributed by atoms with E-state index in [1.807, 2.05) is 13.1 Å². The molecule has 1 saturated heterocycles. The van der Waals surface area contributed by atoms with Crippen LogP contribution in [0.25, 0.3) is 0 Å². The SMILES string of the molecule is CC1CCN(CC(O)CN(C)Cc2ccc(Cl)nc2)CC1. The predicted molar refractivity (Wildman–Crippen MR) is 86.4 cm³/mol. The second-order valence-corrected chi connectivity index (χ2v) is 6.71. The van der Waals surface area contributed by atoms with Crippen molar-refractivity contribution in [3.63, 3.8) is 0 Å². The molecule has 1 N–H and O–H groups in total. The maximum atomic E-state index is 10.2. The lowest BCUT2D eigenvalue weighted by molar-refractivity contribution is 0.0662. The number of likely N-dealkylation sites (N-methyl/N-ethyl adjacent to an activating group) is 1. The highest BCUT2D eigenvalue weighted by Gasteiger charge is 2.19. The molecule has 2 rings (SSSR count). The number of hydrogen-bond donors (Lipinski definition) is 1. The monoisotopic (exact) mass is 311 g/mol. The van der Waals surface area contributed by atoms with Gasteiger partial charge in [-0.15, -0.1) is 0 Å². The van der Waals surface area contributed by atoms with Crippen molar-refractivity contribution < 1.29 is 5.11 Å². The van der Waals surface area contributed by atoms with E-state index in [1.54, 1.807) is 12.3 Å². The third-order valence-electron chi connectivity index (χ3n) is 4.11. The summed E-state index contributed by atoms with van der Waals surface area (Å²) in [7, 11) is 2.02. The molecule has 1 atom stereocenters. The second-order valence-electron chi connectivity index (χ2n) is 6.32. The molecule has 0 amide bonds. The van der Waals surface area contributed by atoms with Crippen LogP contribution >= 0.6 is 11.6 Å². The highest BCUT2D eigenvalue weighted by Crippen LogP contribution is 2.16. The average Bonchev–Trinajstić information content (AvgIpc) is 2.44. The summed E-state index contributed by atoms with van der Waals surface area (Å²) in [4.78, 5) is 8.58. The number of aromatic nitrogens is 1. The van der Waals surface area contributed by atoms with Gasteiger partial charge in [0.25, 0.3) is 0 Å². The first-order valence-corrected chi connectivity index (χ1v) is 8.10. The van der Waals surface area contributed by atoms with Gasteiger partial charge in [0.05, 0.1) is 6.10 Å². The molecule has 0 aromatic carbocycles. The molecular weight excluding hydrogens is 286 g/mol. The van der Waals surface area contributed by atoms with Crippen LogP contribution in [0.3, 0.4) is 0 Å². The van der Waals surface area contributed by atoms with Crippen LogP contribution in [0, 0.1) is 5.92 Å². The van der Waals surface area contributed by atoms with E-state index in [0.717, 1.165) is 37.7 Å². The molecule has 1 aliphatic rings. The molecule has 0 spiro atoms. The molecule has 0 saturated carbocycles. The van der Waals surface area contributed by atoms with Crippen LogP contribution in [0.5, 0.6) is 0 Å². The van der Waals surface area contributed by atoms with Gasteiger partial charge < -0.3 is 10.0 Å². The maximum absolute atomic E-state index is 10.2. The maximum Gasteiger partial charge on any atom is 0.129 e. The predicted octanol–water partition coefficient (Wildman–Crippen LogP) is 2.26. The molecule has 1 aromatic rings. The molecule has 21 heavy (non-hydrogen) atoms. The van der Waals surface area contributed by atoms with Gasteiger partial charge in [-0.05, 0) is 50.5 Å². The molecule has 0 radical (unpaired) electrons. The van der Waals surface area contributed by atoms with Gasteiger partial charge in [0, 0.05) is 25.8 Å². The average molecular weight is 312 g/mol. The third-order valence-corrected chi connectivity index (χ3v) is 4.33. The summed E-state index contributed by atoms with van der Waals surface area (Å²) in [5.41, 5.74) is 1.11. The molecule has 1 unspecified atom stereocenters. The first-order valence-electron chi connectivity index (χ1n) is 7.72. The number of likely N-dealkylation sites (tertiary alicyclic amines) is 1. The van der Waals surface area contributed by atoms with E-state index in [0.29, 0.717) is 11.7 Å². The lowest BCUT2D eigenvalue weighted by Gasteiger charge is -2.32. The number of aliphatic hydroxyl groups excluding tert-OH is 1. The van der Waals surface area contributed by atoms with E-state index in [4.69, 9.17) is 11.6 Å². The quantitative estimate of drug-likeness (QED) is 0.818. The number of aliphatic hydroxyl groups is 1. The summed E-state index contributed by atoms with van der Waals surface area (Å²) < 4.78 is 0. The summed E-state index contributed by atoms with van der Waals surface area (Å²) in [5, 5.41) is 10.8. The number of rotatable bonds is 6. The normalized spacial score (nSPS) is 19.1. The molecule has 118 valence electrons. The van der Waals surface area contributed by atoms with Crippen molar-refractivity contribution in [2.24, 2.45) is 5.92 Å². The molecule has 4 nitrogen and oxygen atoms in total. The number of pyridine rings is 1. The van der Waals surface area contributed by atoms with E-state index in [-0.39, 0.29) is 6.10 Å². The van der Waals surface area contributed by atoms with E-state index in [1.165, 1.54) is 12.8 Å². The van der Waals surface area contributed by atoms with Gasteiger partial charge in [-0.25, -0.2) is 4.98 Å². The lowest BCUT2D eigenvalue weighted by atomic mass is 9.99. The number of piperidine rings is 1. The van der Waals surface area contributed by atoms with Crippen molar-refractivity contribution in [2.75, 3.05) is 33.2 Å². The Bertz CT molecular complexity index is 418. The zero-order valence-corrected chi connectivity index (χ0v) is 13.8. The van der Waals surface area contributed by atoms with Gasteiger partial charge in [-0.1, -0.05) is 24.6 Å². The Balaban J connectivity index is 1.71. The van der Waals surface area contributed by atoms with Crippen LogP contribution in [0.15, 0.2) is 18.3 Å². The first kappa shape index (κ1) is 16.7. The second kappa shape index (κ2) is 8.08. The van der Waals surface area contributed by atoms with Crippen molar-refractivity contribution in [1.82, 2.24) is 14.8 Å². The molecule has 2 heterocycles. The van der Waals surface area contributed by atoms with E-state index in [2.05, 4.69) is 21.7 Å². The Morgan fingerprint density at radius 2 is 2.14 bits per heavy atom. The first-order chi connectivity index (χ1) is 10.0. The largest absolute Gasteiger partial charge is 0.390 e. The Kier molecular flexibility index (Phi) is 6.42. The number of hydrogen-bond acceptors (Lipinski definition) is 4. The molecule has 1 aliphatic heterocycles. The summed E-state index contributed by atoms with van der Waals surface area (Å²) in [6, 6.07) is 3.78. The van der Waals surface area contributed by atoms with Crippen LogP contribution in [0.4, 0.5) is 0 Å².